The molecule has 33 heavy (non-hydrogen) atoms. The van der Waals surface area contributed by atoms with Crippen LogP contribution in [0.5, 0.6) is 0 Å². The molecule has 0 aliphatic rings. The molecule has 0 spiro atoms. The Morgan fingerprint density at radius 1 is 1.18 bits per heavy atom. The maximum absolute atomic E-state index is 12.1. The Morgan fingerprint density at radius 3 is 2.67 bits per heavy atom. The number of aromatic nitrogens is 3. The van der Waals surface area contributed by atoms with E-state index in [0.717, 1.165) is 16.7 Å². The van der Waals surface area contributed by atoms with E-state index in [9.17, 15) is 20.1 Å². The molecule has 168 valence electrons. The van der Waals surface area contributed by atoms with E-state index in [2.05, 4.69) is 21.5 Å². The van der Waals surface area contributed by atoms with Crippen LogP contribution in [0.25, 0.3) is 11.8 Å². The topological polar surface area (TPSA) is 133 Å². The Bertz CT molecular complexity index is 1100. The van der Waals surface area contributed by atoms with Gasteiger partial charge in [-0.05, 0) is 35.6 Å². The van der Waals surface area contributed by atoms with Crippen LogP contribution < -0.4 is 5.32 Å². The lowest BCUT2D eigenvalue weighted by Gasteiger charge is -2.17. The Kier molecular flexibility index (Phi) is 8.76. The number of carbonyl (C=O) groups is 1. The summed E-state index contributed by atoms with van der Waals surface area (Å²) in [6.07, 6.45) is 5.17. The molecular formula is C23H24BN5O4. The summed E-state index contributed by atoms with van der Waals surface area (Å²) < 4.78 is 6.60. The molecule has 0 aliphatic heterocycles. The van der Waals surface area contributed by atoms with Gasteiger partial charge in [0, 0.05) is 6.42 Å². The largest absolute Gasteiger partial charge is 0.475 e. The van der Waals surface area contributed by atoms with Gasteiger partial charge < -0.3 is 20.1 Å². The van der Waals surface area contributed by atoms with Gasteiger partial charge in [0.2, 0.25) is 0 Å². The van der Waals surface area contributed by atoms with Crippen LogP contribution in [0, 0.1) is 11.3 Å². The number of nitrogens with one attached hydrogen (secondary N) is 1. The fourth-order valence-corrected chi connectivity index (χ4v) is 3.20. The van der Waals surface area contributed by atoms with Crippen LogP contribution in [-0.2, 0) is 17.6 Å². The molecule has 1 amide bonds. The Balaban J connectivity index is 1.49. The van der Waals surface area contributed by atoms with Crippen LogP contribution in [0.3, 0.4) is 0 Å². The fraction of sp³-hybridized carbons (Fsp3) is 0.217. The van der Waals surface area contributed by atoms with Gasteiger partial charge in [0.05, 0.1) is 12.5 Å². The average Bonchev–Trinajstić information content (AvgIpc) is 3.36. The molecule has 10 heteroatoms. The lowest BCUT2D eigenvalue weighted by atomic mass is 9.76. The minimum absolute atomic E-state index is 0.111. The zero-order valence-electron chi connectivity index (χ0n) is 17.9. The van der Waals surface area contributed by atoms with E-state index in [-0.39, 0.29) is 6.61 Å². The highest BCUT2D eigenvalue weighted by atomic mass is 16.5. The third kappa shape index (κ3) is 7.61. The minimum atomic E-state index is -1.69. The van der Waals surface area contributed by atoms with Gasteiger partial charge in [0.15, 0.2) is 0 Å². The van der Waals surface area contributed by atoms with Gasteiger partial charge in [-0.25, -0.2) is 14.5 Å². The van der Waals surface area contributed by atoms with Crippen molar-refractivity contribution in [3.63, 3.8) is 0 Å². The number of nitrogens with zero attached hydrogens (tertiary/aromatic N) is 4. The van der Waals surface area contributed by atoms with E-state index in [0.29, 0.717) is 25.0 Å². The molecule has 3 rings (SSSR count). The number of amides is 1. The quantitative estimate of drug-likeness (QED) is 0.321. The Morgan fingerprint density at radius 2 is 1.97 bits per heavy atom. The Labute approximate surface area is 192 Å². The van der Waals surface area contributed by atoms with E-state index in [1.807, 2.05) is 54.6 Å². The van der Waals surface area contributed by atoms with Crippen molar-refractivity contribution in [3.05, 3.63) is 83.9 Å². The summed E-state index contributed by atoms with van der Waals surface area (Å²) in [6, 6.07) is 19.1. The fourth-order valence-electron chi connectivity index (χ4n) is 3.20. The van der Waals surface area contributed by atoms with Crippen molar-refractivity contribution in [2.75, 3.05) is 6.61 Å². The van der Waals surface area contributed by atoms with Crippen molar-refractivity contribution in [2.24, 2.45) is 0 Å². The van der Waals surface area contributed by atoms with Crippen molar-refractivity contribution in [2.45, 2.75) is 25.2 Å². The predicted molar refractivity (Wildman–Crippen MR) is 123 cm³/mol. The van der Waals surface area contributed by atoms with E-state index < -0.39 is 19.2 Å². The number of rotatable bonds is 10. The summed E-state index contributed by atoms with van der Waals surface area (Å²) >= 11 is 0. The Hall–Kier alpha value is -3.94. The number of alkyl carbamates (subject to hydrolysis) is 1. The molecule has 1 unspecified atom stereocenters. The van der Waals surface area contributed by atoms with Crippen LogP contribution in [0.15, 0.2) is 67.3 Å². The maximum atomic E-state index is 12.1. The van der Waals surface area contributed by atoms with Gasteiger partial charge in [-0.15, -0.1) is 0 Å². The zero-order chi connectivity index (χ0) is 23.5. The normalized spacial score (nSPS) is 12.0. The highest BCUT2D eigenvalue weighted by Crippen LogP contribution is 2.13. The maximum Gasteiger partial charge on any atom is 0.475 e. The molecule has 0 aliphatic carbocycles. The summed E-state index contributed by atoms with van der Waals surface area (Å²) in [5, 5.41) is 35.0. The molecule has 1 heterocycles. The number of carbonyl (C=O) groups excluding carboxylic acids is 1. The van der Waals surface area contributed by atoms with E-state index in [1.54, 1.807) is 6.08 Å². The molecule has 1 atom stereocenters. The second-order valence-electron chi connectivity index (χ2n) is 7.30. The van der Waals surface area contributed by atoms with Crippen molar-refractivity contribution < 1.29 is 19.6 Å². The summed E-state index contributed by atoms with van der Waals surface area (Å²) in [6.45, 7) is 0.111. The summed E-state index contributed by atoms with van der Waals surface area (Å²) in [5.41, 5.74) is 3.07. The molecule has 1 aromatic heterocycles. The molecule has 0 radical (unpaired) electrons. The third-order valence-electron chi connectivity index (χ3n) is 4.91. The number of allylic oxidation sites excluding steroid dienone is 1. The van der Waals surface area contributed by atoms with Crippen LogP contribution in [0.4, 0.5) is 4.79 Å². The molecule has 0 bridgehead atoms. The van der Waals surface area contributed by atoms with Crippen molar-refractivity contribution in [3.8, 4) is 6.07 Å². The highest BCUT2D eigenvalue weighted by Gasteiger charge is 2.25. The molecule has 0 saturated carbocycles. The number of aryl methyl sites for hydroxylation is 1. The van der Waals surface area contributed by atoms with Gasteiger partial charge in [-0.3, -0.25) is 0 Å². The number of hydrogen-bond acceptors (Lipinski definition) is 7. The number of ether oxygens (including phenoxy) is 1. The molecule has 2 aromatic carbocycles. The van der Waals surface area contributed by atoms with Gasteiger partial charge in [-0.2, -0.15) is 10.4 Å². The van der Waals surface area contributed by atoms with Crippen molar-refractivity contribution in [1.82, 2.24) is 20.1 Å². The highest BCUT2D eigenvalue weighted by molar-refractivity contribution is 6.43. The average molecular weight is 445 g/mol. The minimum Gasteiger partial charge on any atom is -0.449 e. The van der Waals surface area contributed by atoms with E-state index in [4.69, 9.17) is 4.74 Å². The molecule has 0 fully saturated rings. The van der Waals surface area contributed by atoms with E-state index >= 15 is 0 Å². The lowest BCUT2D eigenvalue weighted by Crippen LogP contribution is -2.47. The van der Waals surface area contributed by atoms with Crippen LogP contribution >= 0.6 is 0 Å². The monoisotopic (exact) mass is 445 g/mol. The molecule has 3 aromatic rings. The van der Waals surface area contributed by atoms with Crippen molar-refractivity contribution >= 4 is 25.0 Å². The van der Waals surface area contributed by atoms with Gasteiger partial charge in [-0.1, -0.05) is 54.6 Å². The van der Waals surface area contributed by atoms with Gasteiger partial charge >= 0.3 is 13.2 Å². The summed E-state index contributed by atoms with van der Waals surface area (Å²) in [4.78, 5) is 16.0. The first-order chi connectivity index (χ1) is 16.0. The first kappa shape index (κ1) is 23.7. The second kappa shape index (κ2) is 12.2. The summed E-state index contributed by atoms with van der Waals surface area (Å²) in [7, 11) is -1.69. The number of benzene rings is 2. The molecule has 0 saturated heterocycles. The van der Waals surface area contributed by atoms with Crippen LogP contribution in [0.2, 0.25) is 0 Å². The molecular weight excluding hydrogens is 421 g/mol. The lowest BCUT2D eigenvalue weighted by molar-refractivity contribution is 0.144. The van der Waals surface area contributed by atoms with E-state index in [1.165, 1.54) is 17.3 Å². The van der Waals surface area contributed by atoms with Crippen LogP contribution in [0.1, 0.15) is 23.1 Å². The zero-order valence-corrected chi connectivity index (χ0v) is 17.9. The predicted octanol–water partition coefficient (Wildman–Crippen LogP) is 2.08. The molecule has 9 nitrogen and oxygen atoms in total. The number of nitriles is 1. The standard InChI is InChI=1S/C23H24BN5O4/c25-15-21(29-17-26-16-27-29)14-20-8-4-7-19(13-20)11-12-33-23(30)28-22(24(31)32)10-9-18-5-2-1-3-6-18/h1-8,13-14,16-17,22,31-32H,9-12H2,(H,28,30). The van der Waals surface area contributed by atoms with Crippen LogP contribution in [-0.4, -0.2) is 50.6 Å². The molecule has 3 N–H and O–H groups in total. The first-order valence-electron chi connectivity index (χ1n) is 10.4. The third-order valence-corrected chi connectivity index (χ3v) is 4.91. The smallest absolute Gasteiger partial charge is 0.449 e. The van der Waals surface area contributed by atoms with Gasteiger partial charge in [0.1, 0.15) is 24.4 Å². The number of hydrogen-bond donors (Lipinski definition) is 3. The second-order valence-corrected chi connectivity index (χ2v) is 7.30. The SMILES string of the molecule is N#CC(=Cc1cccc(CCOC(=O)NC(CCc2ccccc2)B(O)O)c1)n1cncn1. The summed E-state index contributed by atoms with van der Waals surface area (Å²) in [5.74, 6) is -0.840. The first-order valence-corrected chi connectivity index (χ1v) is 10.4. The van der Waals surface area contributed by atoms with Gasteiger partial charge in [0.25, 0.3) is 0 Å². The van der Waals surface area contributed by atoms with Crippen molar-refractivity contribution in [1.29, 1.82) is 5.26 Å².